The van der Waals surface area contributed by atoms with E-state index in [4.69, 9.17) is 28.9 Å². The van der Waals surface area contributed by atoms with Crippen molar-refractivity contribution in [3.8, 4) is 0 Å². The van der Waals surface area contributed by atoms with E-state index < -0.39 is 0 Å². The third-order valence-corrected chi connectivity index (χ3v) is 4.13. The highest BCUT2D eigenvalue weighted by molar-refractivity contribution is 7.99. The first kappa shape index (κ1) is 12.5. The number of benzene rings is 1. The summed E-state index contributed by atoms with van der Waals surface area (Å²) in [7, 11) is 0. The molecular weight excluding hydrogens is 277 g/mol. The summed E-state index contributed by atoms with van der Waals surface area (Å²) in [5.41, 5.74) is 6.31. The molecule has 88 valence electrons. The molecule has 0 aliphatic heterocycles. The monoisotopic (exact) mass is 285 g/mol. The first-order valence-corrected chi connectivity index (χ1v) is 6.36. The summed E-state index contributed by atoms with van der Waals surface area (Å²) >= 11 is 13.5. The highest BCUT2D eigenvalue weighted by Gasteiger charge is 2.09. The molecule has 0 saturated carbocycles. The summed E-state index contributed by atoms with van der Waals surface area (Å²) in [4.78, 5) is 9.21. The zero-order chi connectivity index (χ0) is 12.4. The molecule has 0 radical (unpaired) electrons. The van der Waals surface area contributed by atoms with Gasteiger partial charge < -0.3 is 5.73 Å². The van der Waals surface area contributed by atoms with Gasteiger partial charge in [0, 0.05) is 4.90 Å². The maximum absolute atomic E-state index is 6.10. The van der Waals surface area contributed by atoms with Crippen LogP contribution in [0.1, 0.15) is 5.69 Å². The van der Waals surface area contributed by atoms with E-state index in [9.17, 15) is 0 Å². The Morgan fingerprint density at radius 3 is 2.76 bits per heavy atom. The molecule has 17 heavy (non-hydrogen) atoms. The van der Waals surface area contributed by atoms with Gasteiger partial charge in [-0.2, -0.15) is 0 Å². The summed E-state index contributed by atoms with van der Waals surface area (Å²) in [5, 5.41) is 1.82. The van der Waals surface area contributed by atoms with Crippen LogP contribution in [0.3, 0.4) is 0 Å². The minimum absolute atomic E-state index is 0.407. The summed E-state index contributed by atoms with van der Waals surface area (Å²) in [6.45, 7) is 1.85. The third kappa shape index (κ3) is 2.83. The molecule has 0 bridgehead atoms. The Hall–Kier alpha value is -0.970. The van der Waals surface area contributed by atoms with Crippen LogP contribution in [0, 0.1) is 6.92 Å². The van der Waals surface area contributed by atoms with Gasteiger partial charge in [0.15, 0.2) is 0 Å². The van der Waals surface area contributed by atoms with E-state index >= 15 is 0 Å². The van der Waals surface area contributed by atoms with Crippen molar-refractivity contribution in [1.82, 2.24) is 9.97 Å². The van der Waals surface area contributed by atoms with Crippen LogP contribution in [0.5, 0.6) is 0 Å². The molecule has 0 aliphatic rings. The van der Waals surface area contributed by atoms with Crippen molar-refractivity contribution in [2.24, 2.45) is 0 Å². The molecule has 1 aromatic carbocycles. The Bertz CT molecular complexity index is 560. The summed E-state index contributed by atoms with van der Waals surface area (Å²) in [5.74, 6) is 0.407. The molecule has 0 unspecified atom stereocenters. The summed E-state index contributed by atoms with van der Waals surface area (Å²) in [6, 6.07) is 5.47. The van der Waals surface area contributed by atoms with Crippen molar-refractivity contribution < 1.29 is 0 Å². The predicted molar refractivity (Wildman–Crippen MR) is 71.8 cm³/mol. The van der Waals surface area contributed by atoms with Gasteiger partial charge in [-0.1, -0.05) is 41.0 Å². The quantitative estimate of drug-likeness (QED) is 0.911. The van der Waals surface area contributed by atoms with E-state index in [1.54, 1.807) is 6.07 Å². The number of nitrogen functional groups attached to an aromatic ring is 1. The van der Waals surface area contributed by atoms with Crippen LogP contribution in [0.2, 0.25) is 10.0 Å². The second-order valence-corrected chi connectivity index (χ2v) is 5.16. The first-order valence-electron chi connectivity index (χ1n) is 4.79. The third-order valence-electron chi connectivity index (χ3n) is 2.04. The molecule has 3 nitrogen and oxygen atoms in total. The molecule has 0 aliphatic carbocycles. The second-order valence-electron chi connectivity index (χ2n) is 3.34. The van der Waals surface area contributed by atoms with Crippen molar-refractivity contribution in [2.45, 2.75) is 16.8 Å². The fourth-order valence-corrected chi connectivity index (χ4v) is 2.58. The maximum atomic E-state index is 6.10. The van der Waals surface area contributed by atoms with Crippen LogP contribution in [0.15, 0.2) is 34.3 Å². The van der Waals surface area contributed by atoms with E-state index in [-0.39, 0.29) is 0 Å². The lowest BCUT2D eigenvalue weighted by molar-refractivity contribution is 0.994. The van der Waals surface area contributed by atoms with Gasteiger partial charge in [-0.3, -0.25) is 0 Å². The Morgan fingerprint density at radius 2 is 2.06 bits per heavy atom. The number of aromatic nitrogens is 2. The minimum Gasteiger partial charge on any atom is -0.382 e. The largest absolute Gasteiger partial charge is 0.382 e. The number of rotatable bonds is 2. The van der Waals surface area contributed by atoms with Crippen LogP contribution in [-0.4, -0.2) is 9.97 Å². The van der Waals surface area contributed by atoms with Crippen LogP contribution in [0.25, 0.3) is 0 Å². The van der Waals surface area contributed by atoms with E-state index in [0.29, 0.717) is 15.9 Å². The number of aryl methyl sites for hydroxylation is 1. The molecule has 2 rings (SSSR count). The highest BCUT2D eigenvalue weighted by Crippen LogP contribution is 2.36. The topological polar surface area (TPSA) is 51.8 Å². The Kier molecular flexibility index (Phi) is 3.76. The average Bonchev–Trinajstić information content (AvgIpc) is 2.28. The number of anilines is 1. The normalized spacial score (nSPS) is 10.5. The zero-order valence-corrected chi connectivity index (χ0v) is 11.3. The van der Waals surface area contributed by atoms with E-state index in [0.717, 1.165) is 15.6 Å². The number of hydrogen-bond donors (Lipinski definition) is 1. The van der Waals surface area contributed by atoms with Gasteiger partial charge in [-0.05, 0) is 19.1 Å². The van der Waals surface area contributed by atoms with Crippen LogP contribution >= 0.6 is 35.0 Å². The van der Waals surface area contributed by atoms with Gasteiger partial charge >= 0.3 is 0 Å². The van der Waals surface area contributed by atoms with Gasteiger partial charge in [0.05, 0.1) is 21.9 Å². The predicted octanol–water partition coefficient (Wildman–Crippen LogP) is 3.83. The standard InChI is InChI=1S/C11H9Cl2N3S/c1-6-11(15-5-9(14)16-6)17-8-4-2-3-7(12)10(8)13/h2-5H,1H3,(H2,14,16). The van der Waals surface area contributed by atoms with Crippen molar-refractivity contribution in [3.63, 3.8) is 0 Å². The molecule has 2 N–H and O–H groups in total. The van der Waals surface area contributed by atoms with E-state index in [1.807, 2.05) is 19.1 Å². The summed E-state index contributed by atoms with van der Waals surface area (Å²) in [6.07, 6.45) is 1.52. The molecule has 0 spiro atoms. The van der Waals surface area contributed by atoms with Gasteiger partial charge in [0.25, 0.3) is 0 Å². The molecule has 0 atom stereocenters. The van der Waals surface area contributed by atoms with Crippen molar-refractivity contribution in [2.75, 3.05) is 5.73 Å². The number of halogens is 2. The highest BCUT2D eigenvalue weighted by atomic mass is 35.5. The van der Waals surface area contributed by atoms with E-state index in [1.165, 1.54) is 18.0 Å². The molecule has 2 aromatic rings. The van der Waals surface area contributed by atoms with Crippen molar-refractivity contribution in [3.05, 3.63) is 40.1 Å². The molecule has 0 saturated heterocycles. The zero-order valence-electron chi connectivity index (χ0n) is 8.95. The summed E-state index contributed by atoms with van der Waals surface area (Å²) < 4.78 is 0. The van der Waals surface area contributed by atoms with Gasteiger partial charge in [-0.25, -0.2) is 9.97 Å². The fraction of sp³-hybridized carbons (Fsp3) is 0.0909. The maximum Gasteiger partial charge on any atom is 0.142 e. The van der Waals surface area contributed by atoms with Crippen LogP contribution in [-0.2, 0) is 0 Å². The van der Waals surface area contributed by atoms with E-state index in [2.05, 4.69) is 9.97 Å². The van der Waals surface area contributed by atoms with Gasteiger partial charge in [0.1, 0.15) is 10.8 Å². The number of nitrogens with zero attached hydrogens (tertiary/aromatic N) is 2. The lowest BCUT2D eigenvalue weighted by atomic mass is 10.4. The molecule has 1 aromatic heterocycles. The number of hydrogen-bond acceptors (Lipinski definition) is 4. The molecule has 6 heteroatoms. The van der Waals surface area contributed by atoms with Crippen molar-refractivity contribution >= 4 is 40.8 Å². The van der Waals surface area contributed by atoms with Crippen LogP contribution < -0.4 is 5.73 Å². The average molecular weight is 286 g/mol. The lowest BCUT2D eigenvalue weighted by Gasteiger charge is -2.06. The van der Waals surface area contributed by atoms with Gasteiger partial charge in [-0.15, -0.1) is 0 Å². The lowest BCUT2D eigenvalue weighted by Crippen LogP contribution is -1.96. The number of nitrogens with two attached hydrogens (primary N) is 1. The smallest absolute Gasteiger partial charge is 0.142 e. The molecule has 0 amide bonds. The Balaban J connectivity index is 2.35. The van der Waals surface area contributed by atoms with Crippen molar-refractivity contribution in [1.29, 1.82) is 0 Å². The van der Waals surface area contributed by atoms with Crippen LogP contribution in [0.4, 0.5) is 5.82 Å². The Morgan fingerprint density at radius 1 is 1.29 bits per heavy atom. The SMILES string of the molecule is Cc1nc(N)cnc1Sc1cccc(Cl)c1Cl. The van der Waals surface area contributed by atoms with Gasteiger partial charge in [0.2, 0.25) is 0 Å². The molecule has 0 fully saturated rings. The minimum atomic E-state index is 0.407. The molecular formula is C11H9Cl2N3S. The molecule has 1 heterocycles. The Labute approximate surface area is 113 Å². The fourth-order valence-electron chi connectivity index (χ4n) is 1.26. The second kappa shape index (κ2) is 5.12. The first-order chi connectivity index (χ1) is 8.08.